The average molecular weight is 528 g/mol. The van der Waals surface area contributed by atoms with E-state index in [2.05, 4.69) is 23.5 Å². The Bertz CT molecular complexity index is 1540. The summed E-state index contributed by atoms with van der Waals surface area (Å²) in [6.07, 6.45) is 6.67. The quantitative estimate of drug-likeness (QED) is 0.247. The van der Waals surface area contributed by atoms with Gasteiger partial charge in [0.05, 0.1) is 36.9 Å². The molecular weight excluding hydrogens is 498 g/mol. The third-order valence-electron chi connectivity index (χ3n) is 7.61. The number of nitrogens with zero attached hydrogens (tertiary/aromatic N) is 2. The molecule has 1 amide bonds. The highest BCUT2D eigenvalue weighted by molar-refractivity contribution is 7.99. The summed E-state index contributed by atoms with van der Waals surface area (Å²) in [7, 11) is 1.59. The average Bonchev–Trinajstić information content (AvgIpc) is 3.62. The number of anilines is 1. The van der Waals surface area contributed by atoms with E-state index in [1.54, 1.807) is 24.0 Å². The number of thioether (sulfide) groups is 1. The zero-order valence-electron chi connectivity index (χ0n) is 21.2. The van der Waals surface area contributed by atoms with Crippen LogP contribution in [0.25, 0.3) is 11.3 Å². The van der Waals surface area contributed by atoms with Crippen molar-refractivity contribution < 1.29 is 13.9 Å². The van der Waals surface area contributed by atoms with Crippen molar-refractivity contribution in [2.75, 3.05) is 18.2 Å². The molecule has 0 radical (unpaired) electrons. The van der Waals surface area contributed by atoms with E-state index in [9.17, 15) is 9.59 Å². The van der Waals surface area contributed by atoms with Crippen molar-refractivity contribution in [3.8, 4) is 17.0 Å². The molecule has 8 heteroatoms. The number of furan rings is 1. The van der Waals surface area contributed by atoms with Crippen LogP contribution in [-0.4, -0.2) is 28.3 Å². The van der Waals surface area contributed by atoms with Crippen molar-refractivity contribution in [1.82, 2.24) is 9.55 Å². The number of hydrogen-bond acceptors (Lipinski definition) is 6. The molecule has 4 aromatic rings. The number of aromatic nitrogens is 2. The Morgan fingerprint density at radius 1 is 1.13 bits per heavy atom. The topological polar surface area (TPSA) is 86.4 Å². The van der Waals surface area contributed by atoms with E-state index >= 15 is 0 Å². The summed E-state index contributed by atoms with van der Waals surface area (Å²) >= 11 is 1.27. The molecule has 2 aromatic carbocycles. The van der Waals surface area contributed by atoms with Crippen LogP contribution >= 0.6 is 11.8 Å². The van der Waals surface area contributed by atoms with Gasteiger partial charge in [0.2, 0.25) is 5.91 Å². The van der Waals surface area contributed by atoms with Gasteiger partial charge in [0.15, 0.2) is 5.16 Å². The highest BCUT2D eigenvalue weighted by Crippen LogP contribution is 2.50. The molecule has 1 saturated carbocycles. The lowest BCUT2D eigenvalue weighted by atomic mass is 9.68. The van der Waals surface area contributed by atoms with Crippen molar-refractivity contribution in [3.05, 3.63) is 94.2 Å². The summed E-state index contributed by atoms with van der Waals surface area (Å²) in [5.74, 6) is 1.26. The lowest BCUT2D eigenvalue weighted by Crippen LogP contribution is -2.40. The van der Waals surface area contributed by atoms with E-state index in [0.717, 1.165) is 48.9 Å². The van der Waals surface area contributed by atoms with E-state index in [1.165, 1.54) is 17.3 Å². The molecule has 2 heterocycles. The van der Waals surface area contributed by atoms with Gasteiger partial charge in [0, 0.05) is 22.7 Å². The molecule has 38 heavy (non-hydrogen) atoms. The van der Waals surface area contributed by atoms with Gasteiger partial charge in [-0.15, -0.1) is 0 Å². The molecule has 7 nitrogen and oxygen atoms in total. The molecule has 2 aliphatic carbocycles. The van der Waals surface area contributed by atoms with Crippen LogP contribution in [0.5, 0.6) is 5.75 Å². The number of benzene rings is 2. The zero-order valence-corrected chi connectivity index (χ0v) is 22.1. The zero-order chi connectivity index (χ0) is 26.1. The second-order valence-corrected chi connectivity index (χ2v) is 10.9. The molecule has 1 N–H and O–H groups in total. The Hall–Kier alpha value is -3.78. The molecule has 0 bridgehead atoms. The third-order valence-corrected chi connectivity index (χ3v) is 8.58. The smallest absolute Gasteiger partial charge is 0.258 e. The standard InChI is InChI=1S/C30H29N3O4S/c1-36-22-10-6-9-21(16-22)31-25(34)19-38-29-32-27-24-12-3-2-8-20(24)17-30(13-4-5-14-30)26(27)28(35)33(29)18-23-11-7-15-37-23/h2-3,6-12,15-16H,4-5,13-14,17-19H2,1H3,(H,31,34). The molecule has 194 valence electrons. The molecule has 0 atom stereocenters. The number of carbonyl (C=O) groups excluding carboxylic acids is 1. The minimum atomic E-state index is -0.189. The molecular formula is C30H29N3O4S. The van der Waals surface area contributed by atoms with Crippen LogP contribution in [0.15, 0.2) is 81.3 Å². The minimum Gasteiger partial charge on any atom is -0.497 e. The fraction of sp³-hybridized carbons (Fsp3) is 0.300. The van der Waals surface area contributed by atoms with Crippen LogP contribution in [-0.2, 0) is 23.2 Å². The Labute approximate surface area is 225 Å². The minimum absolute atomic E-state index is 0.0292. The van der Waals surface area contributed by atoms with E-state index < -0.39 is 0 Å². The largest absolute Gasteiger partial charge is 0.497 e. The Kier molecular flexibility index (Phi) is 6.57. The van der Waals surface area contributed by atoms with E-state index in [4.69, 9.17) is 14.1 Å². The van der Waals surface area contributed by atoms with Crippen molar-refractivity contribution in [1.29, 1.82) is 0 Å². The fourth-order valence-corrected chi connectivity index (χ4v) is 6.67. The van der Waals surface area contributed by atoms with Crippen molar-refractivity contribution in [3.63, 3.8) is 0 Å². The molecule has 2 aromatic heterocycles. The maximum Gasteiger partial charge on any atom is 0.258 e. The second kappa shape index (κ2) is 10.2. The maximum absolute atomic E-state index is 14.3. The lowest BCUT2D eigenvalue weighted by Gasteiger charge is -2.36. The second-order valence-electron chi connectivity index (χ2n) is 9.98. The van der Waals surface area contributed by atoms with Crippen LogP contribution in [0.1, 0.15) is 42.6 Å². The highest BCUT2D eigenvalue weighted by atomic mass is 32.2. The number of amides is 1. The van der Waals surface area contributed by atoms with Crippen LogP contribution < -0.4 is 15.6 Å². The van der Waals surface area contributed by atoms with Gasteiger partial charge < -0.3 is 14.5 Å². The molecule has 0 unspecified atom stereocenters. The SMILES string of the molecule is COc1cccc(NC(=O)CSc2nc3c(c(=O)n2Cc2ccco2)C2(CCCC2)Cc2ccccc2-3)c1. The van der Waals surface area contributed by atoms with Crippen molar-refractivity contribution in [2.24, 2.45) is 0 Å². The first-order valence-corrected chi connectivity index (χ1v) is 13.9. The summed E-state index contributed by atoms with van der Waals surface area (Å²) in [6.45, 7) is 0.268. The molecule has 1 spiro atoms. The predicted octanol–water partition coefficient (Wildman–Crippen LogP) is 5.66. The Morgan fingerprint density at radius 2 is 1.97 bits per heavy atom. The number of fused-ring (bicyclic) bond motifs is 4. The van der Waals surface area contributed by atoms with Crippen molar-refractivity contribution >= 4 is 23.4 Å². The van der Waals surface area contributed by atoms with Gasteiger partial charge >= 0.3 is 0 Å². The fourth-order valence-electron chi connectivity index (χ4n) is 5.88. The van der Waals surface area contributed by atoms with E-state index in [-0.39, 0.29) is 29.2 Å². The predicted molar refractivity (Wildman–Crippen MR) is 148 cm³/mol. The maximum atomic E-state index is 14.3. The van der Waals surface area contributed by atoms with Gasteiger partial charge in [0.25, 0.3) is 5.56 Å². The van der Waals surface area contributed by atoms with Gasteiger partial charge in [-0.25, -0.2) is 4.98 Å². The summed E-state index contributed by atoms with van der Waals surface area (Å²) < 4.78 is 12.5. The summed E-state index contributed by atoms with van der Waals surface area (Å²) in [5.41, 5.74) is 4.29. The van der Waals surface area contributed by atoms with Crippen molar-refractivity contribution in [2.45, 2.75) is 49.2 Å². The number of ether oxygens (including phenoxy) is 1. The number of carbonyl (C=O) groups is 1. The summed E-state index contributed by atoms with van der Waals surface area (Å²) in [4.78, 5) is 32.3. The molecule has 0 saturated heterocycles. The van der Waals surface area contributed by atoms with Gasteiger partial charge in [-0.05, 0) is 49.1 Å². The van der Waals surface area contributed by atoms with Gasteiger partial charge in [-0.3, -0.25) is 14.2 Å². The summed E-state index contributed by atoms with van der Waals surface area (Å²) in [6, 6.07) is 19.2. The monoisotopic (exact) mass is 527 g/mol. The number of rotatable bonds is 7. The number of nitrogens with one attached hydrogen (secondary N) is 1. The molecule has 2 aliphatic rings. The molecule has 6 rings (SSSR count). The third kappa shape index (κ3) is 4.53. The van der Waals surface area contributed by atoms with Crippen LogP contribution in [0, 0.1) is 0 Å². The van der Waals surface area contributed by atoms with Gasteiger partial charge in [0.1, 0.15) is 11.5 Å². The molecule has 0 aliphatic heterocycles. The van der Waals surface area contributed by atoms with Gasteiger partial charge in [-0.1, -0.05) is 54.9 Å². The van der Waals surface area contributed by atoms with E-state index in [1.807, 2.05) is 36.4 Å². The highest BCUT2D eigenvalue weighted by Gasteiger charge is 2.44. The van der Waals surface area contributed by atoms with Crippen LogP contribution in [0.3, 0.4) is 0 Å². The van der Waals surface area contributed by atoms with E-state index in [0.29, 0.717) is 22.4 Å². The first kappa shape index (κ1) is 24.6. The Balaban J connectivity index is 1.39. The normalized spacial score (nSPS) is 15.2. The first-order chi connectivity index (χ1) is 18.6. The first-order valence-electron chi connectivity index (χ1n) is 12.9. The lowest BCUT2D eigenvalue weighted by molar-refractivity contribution is -0.113. The Morgan fingerprint density at radius 3 is 2.76 bits per heavy atom. The van der Waals surface area contributed by atoms with Crippen LogP contribution in [0.4, 0.5) is 5.69 Å². The number of hydrogen-bond donors (Lipinski definition) is 1. The number of methoxy groups -OCH3 is 1. The molecule has 1 fully saturated rings. The van der Waals surface area contributed by atoms with Crippen LogP contribution in [0.2, 0.25) is 0 Å². The van der Waals surface area contributed by atoms with Gasteiger partial charge in [-0.2, -0.15) is 0 Å². The summed E-state index contributed by atoms with van der Waals surface area (Å²) in [5, 5.41) is 3.42.